The van der Waals surface area contributed by atoms with Crippen molar-refractivity contribution in [2.45, 2.75) is 32.2 Å². The molecule has 1 aliphatic heterocycles. The van der Waals surface area contributed by atoms with Gasteiger partial charge in [-0.05, 0) is 37.8 Å². The number of amides is 1. The van der Waals surface area contributed by atoms with E-state index < -0.39 is 0 Å². The lowest BCUT2D eigenvalue weighted by molar-refractivity contribution is -0.121. The monoisotopic (exact) mass is 220 g/mol. The Hall–Kier alpha value is -1.58. The van der Waals surface area contributed by atoms with Crippen molar-refractivity contribution in [2.75, 3.05) is 6.54 Å². The van der Waals surface area contributed by atoms with E-state index in [9.17, 15) is 9.59 Å². The summed E-state index contributed by atoms with van der Waals surface area (Å²) in [5, 5.41) is 0. The second kappa shape index (κ2) is 4.51. The summed E-state index contributed by atoms with van der Waals surface area (Å²) in [5.41, 5.74) is 1.68. The van der Waals surface area contributed by atoms with Crippen LogP contribution in [-0.4, -0.2) is 22.8 Å². The van der Waals surface area contributed by atoms with Crippen LogP contribution in [0.15, 0.2) is 17.1 Å². The molecule has 1 aliphatic rings. The minimum absolute atomic E-state index is 0.0581. The Balaban J connectivity index is 2.30. The van der Waals surface area contributed by atoms with E-state index in [0.29, 0.717) is 5.56 Å². The Morgan fingerprint density at radius 2 is 2.31 bits per heavy atom. The number of carbonyl (C=O) groups excluding carboxylic acids is 1. The number of H-pyrrole nitrogens is 1. The Labute approximate surface area is 94.3 Å². The van der Waals surface area contributed by atoms with Crippen molar-refractivity contribution in [2.24, 2.45) is 0 Å². The molecule has 0 radical (unpaired) electrons. The van der Waals surface area contributed by atoms with Crippen LogP contribution in [0.25, 0.3) is 0 Å². The summed E-state index contributed by atoms with van der Waals surface area (Å²) in [6.45, 7) is 2.60. The number of piperidine rings is 1. The van der Waals surface area contributed by atoms with Gasteiger partial charge in [-0.15, -0.1) is 0 Å². The van der Waals surface area contributed by atoms with E-state index in [1.165, 1.54) is 0 Å². The predicted molar refractivity (Wildman–Crippen MR) is 61.2 cm³/mol. The molecule has 4 heteroatoms. The lowest BCUT2D eigenvalue weighted by Gasteiger charge is -2.32. The third-order valence-electron chi connectivity index (χ3n) is 3.18. The first kappa shape index (κ1) is 10.9. The van der Waals surface area contributed by atoms with Crippen molar-refractivity contribution >= 4 is 6.41 Å². The Bertz CT molecular complexity index is 439. The average Bonchev–Trinajstić information content (AvgIpc) is 2.32. The van der Waals surface area contributed by atoms with Crippen LogP contribution in [0.2, 0.25) is 0 Å². The van der Waals surface area contributed by atoms with Gasteiger partial charge in [0.1, 0.15) is 0 Å². The second-order valence-electron chi connectivity index (χ2n) is 4.30. The highest BCUT2D eigenvalue weighted by Gasteiger charge is 2.22. The molecule has 1 aromatic rings. The van der Waals surface area contributed by atoms with Gasteiger partial charge in [0, 0.05) is 18.3 Å². The van der Waals surface area contributed by atoms with Crippen LogP contribution in [0.1, 0.15) is 36.4 Å². The summed E-state index contributed by atoms with van der Waals surface area (Å²) < 4.78 is 0. The third kappa shape index (κ3) is 2.01. The van der Waals surface area contributed by atoms with Gasteiger partial charge in [0.15, 0.2) is 0 Å². The smallest absolute Gasteiger partial charge is 0.250 e. The molecular formula is C12H16N2O2. The first-order valence-electron chi connectivity index (χ1n) is 5.62. The zero-order valence-corrected chi connectivity index (χ0v) is 9.40. The number of likely N-dealkylation sites (tertiary alicyclic amines) is 1. The molecule has 2 rings (SSSR count). The lowest BCUT2D eigenvalue weighted by atomic mass is 9.96. The van der Waals surface area contributed by atoms with E-state index in [2.05, 4.69) is 4.98 Å². The number of aryl methyl sites for hydroxylation is 1. The highest BCUT2D eigenvalue weighted by Crippen LogP contribution is 2.28. The van der Waals surface area contributed by atoms with Crippen molar-refractivity contribution in [1.82, 2.24) is 9.88 Å². The van der Waals surface area contributed by atoms with E-state index in [1.54, 1.807) is 13.1 Å². The van der Waals surface area contributed by atoms with Crippen LogP contribution >= 0.6 is 0 Å². The van der Waals surface area contributed by atoms with Crippen molar-refractivity contribution in [1.29, 1.82) is 0 Å². The molecule has 1 unspecified atom stereocenters. The molecule has 0 aromatic carbocycles. The SMILES string of the molecule is Cc1cc(C2CCCCN2C=O)c[nH]c1=O. The van der Waals surface area contributed by atoms with E-state index in [-0.39, 0.29) is 11.6 Å². The van der Waals surface area contributed by atoms with Crippen LogP contribution in [0.5, 0.6) is 0 Å². The van der Waals surface area contributed by atoms with Crippen LogP contribution < -0.4 is 5.56 Å². The maximum atomic E-state index is 11.3. The topological polar surface area (TPSA) is 53.2 Å². The summed E-state index contributed by atoms with van der Waals surface area (Å²) in [7, 11) is 0. The number of pyridine rings is 1. The zero-order chi connectivity index (χ0) is 11.5. The predicted octanol–water partition coefficient (Wildman–Crippen LogP) is 1.37. The molecule has 0 bridgehead atoms. The Kier molecular flexibility index (Phi) is 3.08. The molecular weight excluding hydrogens is 204 g/mol. The van der Waals surface area contributed by atoms with Gasteiger partial charge in [-0.2, -0.15) is 0 Å². The number of nitrogens with zero attached hydrogens (tertiary/aromatic N) is 1. The minimum atomic E-state index is -0.0581. The minimum Gasteiger partial charge on any atom is -0.338 e. The molecule has 0 saturated carbocycles. The number of aromatic amines is 1. The van der Waals surface area contributed by atoms with Crippen LogP contribution in [0, 0.1) is 6.92 Å². The van der Waals surface area contributed by atoms with Crippen molar-refractivity contribution < 1.29 is 4.79 Å². The first-order chi connectivity index (χ1) is 7.72. The number of rotatable bonds is 2. The van der Waals surface area contributed by atoms with Crippen LogP contribution in [0.4, 0.5) is 0 Å². The fraction of sp³-hybridized carbons (Fsp3) is 0.500. The van der Waals surface area contributed by atoms with Gasteiger partial charge in [-0.3, -0.25) is 9.59 Å². The Morgan fingerprint density at radius 1 is 1.50 bits per heavy atom. The van der Waals surface area contributed by atoms with Crippen LogP contribution in [0.3, 0.4) is 0 Å². The van der Waals surface area contributed by atoms with Gasteiger partial charge in [-0.1, -0.05) is 0 Å². The molecule has 0 aliphatic carbocycles. The largest absolute Gasteiger partial charge is 0.338 e. The molecule has 2 heterocycles. The molecule has 1 fully saturated rings. The van der Waals surface area contributed by atoms with E-state index in [4.69, 9.17) is 0 Å². The van der Waals surface area contributed by atoms with Crippen molar-refractivity contribution in [3.63, 3.8) is 0 Å². The van der Waals surface area contributed by atoms with Gasteiger partial charge in [-0.25, -0.2) is 0 Å². The normalized spacial score (nSPS) is 20.8. The quantitative estimate of drug-likeness (QED) is 0.765. The number of aromatic nitrogens is 1. The standard InChI is InChI=1S/C12H16N2O2/c1-9-6-10(7-13-12(9)16)11-4-2-3-5-14(11)8-15/h6-8,11H,2-5H2,1H3,(H,13,16). The van der Waals surface area contributed by atoms with Crippen LogP contribution in [-0.2, 0) is 4.79 Å². The average molecular weight is 220 g/mol. The van der Waals surface area contributed by atoms with Gasteiger partial charge in [0.2, 0.25) is 6.41 Å². The zero-order valence-electron chi connectivity index (χ0n) is 9.40. The maximum Gasteiger partial charge on any atom is 0.250 e. The van der Waals surface area contributed by atoms with Gasteiger partial charge in [0.25, 0.3) is 5.56 Å². The lowest BCUT2D eigenvalue weighted by Crippen LogP contribution is -2.32. The highest BCUT2D eigenvalue weighted by atomic mass is 16.1. The van der Waals surface area contributed by atoms with E-state index >= 15 is 0 Å². The fourth-order valence-corrected chi connectivity index (χ4v) is 2.25. The van der Waals surface area contributed by atoms with Gasteiger partial charge < -0.3 is 9.88 Å². The number of nitrogens with one attached hydrogen (secondary N) is 1. The summed E-state index contributed by atoms with van der Waals surface area (Å²) in [5.74, 6) is 0. The molecule has 1 aromatic heterocycles. The van der Waals surface area contributed by atoms with Crippen molar-refractivity contribution in [3.05, 3.63) is 33.7 Å². The molecule has 0 spiro atoms. The van der Waals surface area contributed by atoms with E-state index in [1.807, 2.05) is 11.0 Å². The molecule has 1 saturated heterocycles. The third-order valence-corrected chi connectivity index (χ3v) is 3.18. The molecule has 4 nitrogen and oxygen atoms in total. The first-order valence-corrected chi connectivity index (χ1v) is 5.62. The molecule has 1 atom stereocenters. The highest BCUT2D eigenvalue weighted by molar-refractivity contribution is 5.49. The number of hydrogen-bond acceptors (Lipinski definition) is 2. The maximum absolute atomic E-state index is 11.3. The fourth-order valence-electron chi connectivity index (χ4n) is 2.25. The summed E-state index contributed by atoms with van der Waals surface area (Å²) >= 11 is 0. The van der Waals surface area contributed by atoms with Crippen molar-refractivity contribution in [3.8, 4) is 0 Å². The second-order valence-corrected chi connectivity index (χ2v) is 4.30. The summed E-state index contributed by atoms with van der Waals surface area (Å²) in [4.78, 5) is 26.7. The Morgan fingerprint density at radius 3 is 3.00 bits per heavy atom. The summed E-state index contributed by atoms with van der Waals surface area (Å²) in [6, 6.07) is 2.01. The summed E-state index contributed by atoms with van der Waals surface area (Å²) in [6.07, 6.45) is 5.81. The number of hydrogen-bond donors (Lipinski definition) is 1. The molecule has 1 N–H and O–H groups in total. The number of carbonyl (C=O) groups is 1. The molecule has 86 valence electrons. The molecule has 1 amide bonds. The molecule has 16 heavy (non-hydrogen) atoms. The van der Waals surface area contributed by atoms with Gasteiger partial charge >= 0.3 is 0 Å². The van der Waals surface area contributed by atoms with Gasteiger partial charge in [0.05, 0.1) is 6.04 Å². The van der Waals surface area contributed by atoms with E-state index in [0.717, 1.165) is 37.8 Å².